The van der Waals surface area contributed by atoms with Gasteiger partial charge in [-0.1, -0.05) is 56.9 Å². The zero-order valence-corrected chi connectivity index (χ0v) is 11.7. The SMILES string of the molecule is CB(O)c1cc(CC(C)(C)C)c(Cl)cc1Cl. The predicted molar refractivity (Wildman–Crippen MR) is 73.1 cm³/mol. The number of rotatable bonds is 2. The van der Waals surface area contributed by atoms with E-state index in [0.29, 0.717) is 10.0 Å². The standard InChI is InChI=1S/C12H17BCl2O/c1-12(2,3)7-8-5-9(13(4)16)11(15)6-10(8)14/h5-6,16H,7H2,1-4H3. The summed E-state index contributed by atoms with van der Waals surface area (Å²) >= 11 is 12.2. The number of benzene rings is 1. The van der Waals surface area contributed by atoms with Gasteiger partial charge in [0.2, 0.25) is 0 Å². The molecule has 0 spiro atoms. The molecule has 1 rings (SSSR count). The summed E-state index contributed by atoms with van der Waals surface area (Å²) in [6.45, 7) is 7.60. The van der Waals surface area contributed by atoms with Gasteiger partial charge in [0.25, 0.3) is 0 Å². The number of halogens is 2. The van der Waals surface area contributed by atoms with E-state index in [1.807, 2.05) is 6.07 Å². The van der Waals surface area contributed by atoms with Crippen LogP contribution in [0, 0.1) is 5.41 Å². The summed E-state index contributed by atoms with van der Waals surface area (Å²) in [5.41, 5.74) is 1.94. The van der Waals surface area contributed by atoms with E-state index in [9.17, 15) is 5.02 Å². The monoisotopic (exact) mass is 258 g/mol. The molecule has 1 aromatic carbocycles. The van der Waals surface area contributed by atoms with Gasteiger partial charge in [-0.3, -0.25) is 0 Å². The molecule has 4 heteroatoms. The van der Waals surface area contributed by atoms with Crippen LogP contribution >= 0.6 is 23.2 Å². The maximum absolute atomic E-state index is 9.59. The molecular weight excluding hydrogens is 242 g/mol. The fourth-order valence-electron chi connectivity index (χ4n) is 1.64. The van der Waals surface area contributed by atoms with Crippen LogP contribution in [-0.4, -0.2) is 11.9 Å². The van der Waals surface area contributed by atoms with Gasteiger partial charge >= 0.3 is 6.92 Å². The summed E-state index contributed by atoms with van der Waals surface area (Å²) in [6, 6.07) is 3.62. The van der Waals surface area contributed by atoms with Crippen molar-refractivity contribution >= 4 is 35.6 Å². The second-order valence-corrected chi connectivity index (χ2v) is 6.19. The average molecular weight is 259 g/mol. The lowest BCUT2D eigenvalue weighted by molar-refractivity contribution is 0.411. The van der Waals surface area contributed by atoms with Crippen molar-refractivity contribution in [1.29, 1.82) is 0 Å². The molecule has 0 heterocycles. The zero-order valence-electron chi connectivity index (χ0n) is 10.1. The molecule has 1 N–H and O–H groups in total. The molecule has 0 bridgehead atoms. The summed E-state index contributed by atoms with van der Waals surface area (Å²) in [6.07, 6.45) is 0.864. The predicted octanol–water partition coefficient (Wildman–Crippen LogP) is 3.40. The van der Waals surface area contributed by atoms with Gasteiger partial charge in [-0.2, -0.15) is 0 Å². The molecular formula is C12H17BCl2O. The Morgan fingerprint density at radius 3 is 2.19 bits per heavy atom. The Morgan fingerprint density at radius 1 is 1.19 bits per heavy atom. The molecule has 1 aromatic rings. The van der Waals surface area contributed by atoms with Gasteiger partial charge in [-0.15, -0.1) is 0 Å². The van der Waals surface area contributed by atoms with Crippen LogP contribution in [0.5, 0.6) is 0 Å². The second-order valence-electron chi connectivity index (χ2n) is 5.38. The van der Waals surface area contributed by atoms with Gasteiger partial charge in [-0.25, -0.2) is 0 Å². The Kier molecular flexibility index (Phi) is 4.33. The van der Waals surface area contributed by atoms with Crippen molar-refractivity contribution in [3.63, 3.8) is 0 Å². The molecule has 0 saturated heterocycles. The maximum atomic E-state index is 9.59. The van der Waals surface area contributed by atoms with E-state index < -0.39 is 6.92 Å². The van der Waals surface area contributed by atoms with Crippen molar-refractivity contribution < 1.29 is 5.02 Å². The third-order valence-electron chi connectivity index (χ3n) is 2.34. The van der Waals surface area contributed by atoms with Crippen LogP contribution in [0.3, 0.4) is 0 Å². The average Bonchev–Trinajstić information content (AvgIpc) is 2.07. The third-order valence-corrected chi connectivity index (χ3v) is 3.02. The summed E-state index contributed by atoms with van der Waals surface area (Å²) < 4.78 is 0. The molecule has 0 aliphatic heterocycles. The van der Waals surface area contributed by atoms with E-state index in [-0.39, 0.29) is 5.41 Å². The topological polar surface area (TPSA) is 20.2 Å². The Morgan fingerprint density at radius 2 is 1.75 bits per heavy atom. The minimum atomic E-state index is -0.566. The van der Waals surface area contributed by atoms with Crippen molar-refractivity contribution in [2.24, 2.45) is 5.41 Å². The van der Waals surface area contributed by atoms with E-state index in [1.54, 1.807) is 12.9 Å². The minimum absolute atomic E-state index is 0.160. The molecule has 0 unspecified atom stereocenters. The second kappa shape index (κ2) is 4.99. The highest BCUT2D eigenvalue weighted by atomic mass is 35.5. The zero-order chi connectivity index (χ0) is 12.5. The van der Waals surface area contributed by atoms with Gasteiger partial charge in [0.15, 0.2) is 0 Å². The van der Waals surface area contributed by atoms with Crippen molar-refractivity contribution in [2.75, 3.05) is 0 Å². The smallest absolute Gasteiger partial charge is 0.321 e. The first-order chi connectivity index (χ1) is 7.20. The Balaban J connectivity index is 3.15. The van der Waals surface area contributed by atoms with Crippen LogP contribution < -0.4 is 5.46 Å². The van der Waals surface area contributed by atoms with Gasteiger partial charge < -0.3 is 5.02 Å². The Labute approximate surface area is 108 Å². The van der Waals surface area contributed by atoms with E-state index in [4.69, 9.17) is 23.2 Å². The van der Waals surface area contributed by atoms with Crippen LogP contribution in [0.4, 0.5) is 0 Å². The Bertz CT molecular complexity index is 383. The first-order valence-electron chi connectivity index (χ1n) is 5.36. The van der Waals surface area contributed by atoms with Crippen molar-refractivity contribution in [1.82, 2.24) is 0 Å². The molecule has 0 saturated carbocycles. The quantitative estimate of drug-likeness (QED) is 0.807. The van der Waals surface area contributed by atoms with Gasteiger partial charge in [-0.05, 0) is 28.9 Å². The van der Waals surface area contributed by atoms with Crippen molar-refractivity contribution in [3.05, 3.63) is 27.7 Å². The lowest BCUT2D eigenvalue weighted by Crippen LogP contribution is -2.28. The first kappa shape index (κ1) is 13.9. The molecule has 0 aliphatic carbocycles. The van der Waals surface area contributed by atoms with Crippen molar-refractivity contribution in [3.8, 4) is 0 Å². The number of hydrogen-bond acceptors (Lipinski definition) is 1. The molecule has 0 amide bonds. The summed E-state index contributed by atoms with van der Waals surface area (Å²) in [5, 5.41) is 10.8. The Hall–Kier alpha value is -0.175. The van der Waals surface area contributed by atoms with Crippen LogP contribution in [0.25, 0.3) is 0 Å². The van der Waals surface area contributed by atoms with Crippen molar-refractivity contribution in [2.45, 2.75) is 34.0 Å². The lowest BCUT2D eigenvalue weighted by atomic mass is 9.64. The fraction of sp³-hybridized carbons (Fsp3) is 0.500. The maximum Gasteiger partial charge on any atom is 0.321 e. The van der Waals surface area contributed by atoms with E-state index in [1.165, 1.54) is 0 Å². The van der Waals surface area contributed by atoms with Gasteiger partial charge in [0.05, 0.1) is 0 Å². The van der Waals surface area contributed by atoms with E-state index in [0.717, 1.165) is 17.4 Å². The number of hydrogen-bond donors (Lipinski definition) is 1. The summed E-state index contributed by atoms with van der Waals surface area (Å²) in [5.74, 6) is 0. The lowest BCUT2D eigenvalue weighted by Gasteiger charge is -2.20. The highest BCUT2D eigenvalue weighted by Crippen LogP contribution is 2.27. The highest BCUT2D eigenvalue weighted by Gasteiger charge is 2.18. The molecule has 0 aliphatic rings. The summed E-state index contributed by atoms with van der Waals surface area (Å²) in [7, 11) is 0. The molecule has 0 radical (unpaired) electrons. The molecule has 0 aromatic heterocycles. The normalized spacial score (nSPS) is 11.7. The summed E-state index contributed by atoms with van der Waals surface area (Å²) in [4.78, 5) is 0. The van der Waals surface area contributed by atoms with Crippen LogP contribution in [0.1, 0.15) is 26.3 Å². The molecule has 0 fully saturated rings. The molecule has 16 heavy (non-hydrogen) atoms. The van der Waals surface area contributed by atoms with E-state index >= 15 is 0 Å². The minimum Gasteiger partial charge on any atom is -0.446 e. The molecule has 88 valence electrons. The highest BCUT2D eigenvalue weighted by molar-refractivity contribution is 6.68. The largest absolute Gasteiger partial charge is 0.446 e. The van der Waals surface area contributed by atoms with Crippen LogP contribution in [0.2, 0.25) is 16.9 Å². The third kappa shape index (κ3) is 3.69. The van der Waals surface area contributed by atoms with Gasteiger partial charge in [0, 0.05) is 10.0 Å². The fourth-order valence-corrected chi connectivity index (χ4v) is 2.25. The van der Waals surface area contributed by atoms with Gasteiger partial charge in [0.1, 0.15) is 0 Å². The first-order valence-corrected chi connectivity index (χ1v) is 6.12. The van der Waals surface area contributed by atoms with Crippen LogP contribution in [-0.2, 0) is 6.42 Å². The molecule has 1 nitrogen and oxygen atoms in total. The van der Waals surface area contributed by atoms with E-state index in [2.05, 4.69) is 20.8 Å². The molecule has 0 atom stereocenters. The van der Waals surface area contributed by atoms with Crippen LogP contribution in [0.15, 0.2) is 12.1 Å².